The second-order valence-electron chi connectivity index (χ2n) is 5.98. The zero-order chi connectivity index (χ0) is 16.8. The van der Waals surface area contributed by atoms with E-state index in [-0.39, 0.29) is 5.37 Å². The van der Waals surface area contributed by atoms with Crippen LogP contribution in [0.5, 0.6) is 11.5 Å². The zero-order valence-electron chi connectivity index (χ0n) is 13.6. The van der Waals surface area contributed by atoms with Crippen LogP contribution in [0.25, 0.3) is 11.4 Å². The third-order valence-corrected chi connectivity index (χ3v) is 5.44. The molecule has 2 aliphatic heterocycles. The van der Waals surface area contributed by atoms with Crippen molar-refractivity contribution in [1.82, 2.24) is 14.9 Å². The van der Waals surface area contributed by atoms with Gasteiger partial charge in [0.25, 0.3) is 0 Å². The normalized spacial score (nSPS) is 17.9. The van der Waals surface area contributed by atoms with Crippen LogP contribution < -0.4 is 14.9 Å². The highest BCUT2D eigenvalue weighted by molar-refractivity contribution is 7.99. The number of benzene rings is 2. The van der Waals surface area contributed by atoms with Crippen LogP contribution in [0.2, 0.25) is 0 Å². The molecule has 0 amide bonds. The molecule has 1 N–H and O–H groups in total. The van der Waals surface area contributed by atoms with Gasteiger partial charge >= 0.3 is 0 Å². The number of ether oxygens (including phenoxy) is 2. The molecule has 0 spiro atoms. The predicted molar refractivity (Wildman–Crippen MR) is 95.6 cm³/mol. The van der Waals surface area contributed by atoms with Crippen LogP contribution in [-0.4, -0.2) is 28.1 Å². The number of aromatic nitrogens is 3. The summed E-state index contributed by atoms with van der Waals surface area (Å²) >= 11 is 1.67. The first-order valence-corrected chi connectivity index (χ1v) is 9.02. The molecule has 25 heavy (non-hydrogen) atoms. The summed E-state index contributed by atoms with van der Waals surface area (Å²) in [4.78, 5) is 0. The highest BCUT2D eigenvalue weighted by atomic mass is 32.2. The van der Waals surface area contributed by atoms with Gasteiger partial charge in [0, 0.05) is 5.56 Å². The van der Waals surface area contributed by atoms with Gasteiger partial charge in [0.15, 0.2) is 17.3 Å². The van der Waals surface area contributed by atoms with Gasteiger partial charge in [-0.05, 0) is 36.2 Å². The number of fused-ring (bicyclic) bond motifs is 2. The molecule has 7 heteroatoms. The van der Waals surface area contributed by atoms with E-state index in [1.54, 1.807) is 11.8 Å². The Morgan fingerprint density at radius 3 is 2.80 bits per heavy atom. The smallest absolute Gasteiger partial charge is 0.212 e. The molecular formula is C18H16N4O2S. The maximum atomic E-state index is 5.68. The summed E-state index contributed by atoms with van der Waals surface area (Å²) in [6.45, 7) is 3.28. The third kappa shape index (κ3) is 2.42. The number of rotatable bonds is 2. The van der Waals surface area contributed by atoms with E-state index in [0.29, 0.717) is 13.2 Å². The van der Waals surface area contributed by atoms with Crippen LogP contribution >= 0.6 is 11.8 Å². The van der Waals surface area contributed by atoms with Crippen LogP contribution in [0.15, 0.2) is 47.6 Å². The molecule has 0 aliphatic carbocycles. The van der Waals surface area contributed by atoms with Crippen molar-refractivity contribution in [1.29, 1.82) is 0 Å². The van der Waals surface area contributed by atoms with Crippen LogP contribution in [-0.2, 0) is 0 Å². The van der Waals surface area contributed by atoms with Gasteiger partial charge in [-0.1, -0.05) is 36.0 Å². The van der Waals surface area contributed by atoms with Crippen molar-refractivity contribution in [2.75, 3.05) is 18.6 Å². The van der Waals surface area contributed by atoms with Crippen molar-refractivity contribution >= 4 is 11.8 Å². The molecular weight excluding hydrogens is 336 g/mol. The van der Waals surface area contributed by atoms with E-state index in [0.717, 1.165) is 28.0 Å². The van der Waals surface area contributed by atoms with Gasteiger partial charge in [-0.3, -0.25) is 0 Å². The molecule has 3 heterocycles. The Morgan fingerprint density at radius 2 is 1.92 bits per heavy atom. The number of nitrogens with one attached hydrogen (secondary N) is 1. The van der Waals surface area contributed by atoms with Gasteiger partial charge in [0.2, 0.25) is 5.16 Å². The molecule has 1 aromatic heterocycles. The average Bonchev–Trinajstić information content (AvgIpc) is 3.22. The number of thioether (sulfide) groups is 1. The number of aryl methyl sites for hydroxylation is 1. The molecule has 2 aliphatic rings. The maximum Gasteiger partial charge on any atom is 0.212 e. The topological polar surface area (TPSA) is 61.2 Å². The first-order chi connectivity index (χ1) is 12.3. The fourth-order valence-electron chi connectivity index (χ4n) is 3.10. The Hall–Kier alpha value is -2.67. The van der Waals surface area contributed by atoms with Crippen LogP contribution in [0, 0.1) is 6.92 Å². The fourth-order valence-corrected chi connectivity index (χ4v) is 4.19. The van der Waals surface area contributed by atoms with Crippen molar-refractivity contribution in [3.05, 3.63) is 53.6 Å². The standard InChI is InChI=1S/C18H16N4O2S/c1-11-4-2-3-5-13(11)17-21-22-16(19-20-18(22)25-17)12-6-7-14-15(10-12)24-9-8-23-14/h2-7,10,17,21H,8-9H2,1H3. The second-order valence-corrected chi connectivity index (χ2v) is 7.06. The first kappa shape index (κ1) is 14.7. The van der Waals surface area contributed by atoms with Crippen LogP contribution in [0.4, 0.5) is 0 Å². The monoisotopic (exact) mass is 352 g/mol. The van der Waals surface area contributed by atoms with Gasteiger partial charge < -0.3 is 14.9 Å². The van der Waals surface area contributed by atoms with Crippen LogP contribution in [0.1, 0.15) is 16.5 Å². The molecule has 126 valence electrons. The Balaban J connectivity index is 1.49. The molecule has 6 nitrogen and oxygen atoms in total. The molecule has 2 aromatic carbocycles. The van der Waals surface area contributed by atoms with Crippen molar-refractivity contribution in [2.24, 2.45) is 0 Å². The van der Waals surface area contributed by atoms with Gasteiger partial charge in [0.05, 0.1) is 0 Å². The van der Waals surface area contributed by atoms with E-state index in [9.17, 15) is 0 Å². The molecule has 0 bridgehead atoms. The summed E-state index contributed by atoms with van der Waals surface area (Å²) < 4.78 is 13.2. The molecule has 0 radical (unpaired) electrons. The summed E-state index contributed by atoms with van der Waals surface area (Å²) in [6, 6.07) is 14.2. The SMILES string of the molecule is Cc1ccccc1C1Nn2c(nnc2-c2ccc3c(c2)OCCO3)S1. The maximum absolute atomic E-state index is 5.68. The van der Waals surface area contributed by atoms with Gasteiger partial charge in [-0.25, -0.2) is 4.68 Å². The Bertz CT molecular complexity index is 956. The minimum Gasteiger partial charge on any atom is -0.486 e. The van der Waals surface area contributed by atoms with Crippen LogP contribution in [0.3, 0.4) is 0 Å². The molecule has 0 fully saturated rings. The van der Waals surface area contributed by atoms with Gasteiger partial charge in [-0.2, -0.15) is 0 Å². The Labute approximate surface area is 149 Å². The summed E-state index contributed by atoms with van der Waals surface area (Å²) in [6.07, 6.45) is 0. The highest BCUT2D eigenvalue weighted by Gasteiger charge is 2.29. The minimum atomic E-state index is 0.127. The quantitative estimate of drug-likeness (QED) is 0.763. The molecule has 0 saturated heterocycles. The largest absolute Gasteiger partial charge is 0.486 e. The van der Waals surface area contributed by atoms with E-state index < -0.39 is 0 Å². The fraction of sp³-hybridized carbons (Fsp3) is 0.222. The van der Waals surface area contributed by atoms with E-state index in [1.807, 2.05) is 22.9 Å². The summed E-state index contributed by atoms with van der Waals surface area (Å²) in [5.41, 5.74) is 6.96. The average molecular weight is 352 g/mol. The van der Waals surface area contributed by atoms with Crippen molar-refractivity contribution in [2.45, 2.75) is 17.5 Å². The predicted octanol–water partition coefficient (Wildman–Crippen LogP) is 3.37. The molecule has 0 saturated carbocycles. The third-order valence-electron chi connectivity index (χ3n) is 4.37. The molecule has 1 atom stereocenters. The number of hydrogen-bond donors (Lipinski definition) is 1. The van der Waals surface area contributed by atoms with E-state index in [1.165, 1.54) is 11.1 Å². The lowest BCUT2D eigenvalue weighted by atomic mass is 10.1. The van der Waals surface area contributed by atoms with E-state index in [4.69, 9.17) is 9.47 Å². The lowest BCUT2D eigenvalue weighted by Gasteiger charge is -2.19. The summed E-state index contributed by atoms with van der Waals surface area (Å²) in [5, 5.41) is 9.66. The molecule has 5 rings (SSSR count). The minimum absolute atomic E-state index is 0.127. The summed E-state index contributed by atoms with van der Waals surface area (Å²) in [7, 11) is 0. The van der Waals surface area contributed by atoms with Crippen molar-refractivity contribution < 1.29 is 9.47 Å². The van der Waals surface area contributed by atoms with Crippen molar-refractivity contribution in [3.8, 4) is 22.9 Å². The van der Waals surface area contributed by atoms with E-state index in [2.05, 4.69) is 46.8 Å². The number of hydrogen-bond acceptors (Lipinski definition) is 6. The Morgan fingerprint density at radius 1 is 1.08 bits per heavy atom. The van der Waals surface area contributed by atoms with Gasteiger partial charge in [-0.15, -0.1) is 10.2 Å². The van der Waals surface area contributed by atoms with E-state index >= 15 is 0 Å². The highest BCUT2D eigenvalue weighted by Crippen LogP contribution is 2.42. The lowest BCUT2D eigenvalue weighted by Crippen LogP contribution is -2.16. The van der Waals surface area contributed by atoms with Gasteiger partial charge in [0.1, 0.15) is 18.6 Å². The summed E-state index contributed by atoms with van der Waals surface area (Å²) in [5.74, 6) is 2.30. The lowest BCUT2D eigenvalue weighted by molar-refractivity contribution is 0.171. The number of nitrogens with zero attached hydrogens (tertiary/aromatic N) is 3. The molecule has 1 unspecified atom stereocenters. The second kappa shape index (κ2) is 5.70. The molecule has 3 aromatic rings. The first-order valence-electron chi connectivity index (χ1n) is 8.14. The Kier molecular flexibility index (Phi) is 3.34. The van der Waals surface area contributed by atoms with Crippen molar-refractivity contribution in [3.63, 3.8) is 0 Å². The zero-order valence-corrected chi connectivity index (χ0v) is 14.4.